The normalized spacial score (nSPS) is 14.3. The second-order valence-corrected chi connectivity index (χ2v) is 7.34. The summed E-state index contributed by atoms with van der Waals surface area (Å²) in [6.07, 6.45) is 2.98. The van der Waals surface area contributed by atoms with Crippen molar-refractivity contribution in [1.29, 1.82) is 0 Å². The maximum atomic E-state index is 9.39. The van der Waals surface area contributed by atoms with Crippen LogP contribution in [0.1, 0.15) is 36.0 Å². The summed E-state index contributed by atoms with van der Waals surface area (Å²) in [6.45, 7) is 2.24. The summed E-state index contributed by atoms with van der Waals surface area (Å²) in [6, 6.07) is 21.5. The topological polar surface area (TPSA) is 20.2 Å². The molecule has 0 saturated heterocycles. The minimum absolute atomic E-state index is 0. The Bertz CT molecular complexity index is 882. The predicted octanol–water partition coefficient (Wildman–Crippen LogP) is -1.17. The van der Waals surface area contributed by atoms with Crippen LogP contribution < -0.4 is 24.8 Å². The Morgan fingerprint density at radius 3 is 2.42 bits per heavy atom. The van der Waals surface area contributed by atoms with Gasteiger partial charge in [0.1, 0.15) is 0 Å². The molecule has 1 N–H and O–H groups in total. The number of hydrogen-bond acceptors (Lipinski definition) is 1. The Hall–Kier alpha value is -0.917. The van der Waals surface area contributed by atoms with Crippen molar-refractivity contribution < 1.29 is 54.2 Å². The molecule has 0 bridgehead atoms. The van der Waals surface area contributed by atoms with Gasteiger partial charge in [-0.05, 0) is 23.5 Å². The van der Waals surface area contributed by atoms with Gasteiger partial charge < -0.3 is 29.9 Å². The Balaban J connectivity index is 0.000000635. The van der Waals surface area contributed by atoms with E-state index in [1.807, 2.05) is 6.92 Å². The molecular weight excluding hydrogens is 442 g/mol. The van der Waals surface area contributed by atoms with Crippen LogP contribution in [0, 0.1) is 0 Å². The molecule has 0 heterocycles. The van der Waals surface area contributed by atoms with Crippen molar-refractivity contribution in [3.8, 4) is 0 Å². The van der Waals surface area contributed by atoms with Crippen molar-refractivity contribution >= 4 is 20.6 Å². The zero-order chi connectivity index (χ0) is 16.9. The van der Waals surface area contributed by atoms with Crippen LogP contribution in [0.3, 0.4) is 0 Å². The van der Waals surface area contributed by atoms with Crippen molar-refractivity contribution in [2.45, 2.75) is 19.3 Å². The largest absolute Gasteiger partial charge is 1.00 e. The molecule has 0 fully saturated rings. The summed E-state index contributed by atoms with van der Waals surface area (Å²) in [5.74, 6) is 0.285. The van der Waals surface area contributed by atoms with Crippen LogP contribution in [0.2, 0.25) is 0 Å². The third kappa shape index (κ3) is 4.67. The average Bonchev–Trinajstić information content (AvgIpc) is 3.16. The SMILES string of the molecule is C[CH]=[Zr+2].OCCC1=Cc2ccccc2C1[c-]1ccc2ccccc21.[Cl-].[Cl-]. The van der Waals surface area contributed by atoms with Crippen LogP contribution in [0.15, 0.2) is 66.2 Å². The summed E-state index contributed by atoms with van der Waals surface area (Å²) >= 11 is 1.51. The number of fused-ring (bicyclic) bond motifs is 2. The van der Waals surface area contributed by atoms with Crippen molar-refractivity contribution in [2.24, 2.45) is 0 Å². The van der Waals surface area contributed by atoms with Gasteiger partial charge in [0.05, 0.1) is 0 Å². The summed E-state index contributed by atoms with van der Waals surface area (Å²) in [4.78, 5) is 0. The molecule has 0 radical (unpaired) electrons. The van der Waals surface area contributed by atoms with Gasteiger partial charge in [-0.1, -0.05) is 42.0 Å². The minimum Gasteiger partial charge on any atom is -1.00 e. The van der Waals surface area contributed by atoms with Crippen molar-refractivity contribution in [3.05, 3.63) is 82.9 Å². The Morgan fingerprint density at radius 1 is 1.04 bits per heavy atom. The molecule has 3 aromatic rings. The standard InChI is InChI=1S/C20H17O.C2H4.2ClH.Zr/c21-12-11-16-13-15-6-2-4-8-18(15)20(16)19-10-9-14-5-1-3-7-17(14)19;1-2;;;/h1-10,13,20-21H,11-12H2;1H,2H3;2*1H;/q-1;;;;+2/p-2. The number of halogens is 2. The molecule has 0 saturated carbocycles. The Labute approximate surface area is 182 Å². The van der Waals surface area contributed by atoms with E-state index in [-0.39, 0.29) is 37.3 Å². The van der Waals surface area contributed by atoms with Gasteiger partial charge >= 0.3 is 34.9 Å². The van der Waals surface area contributed by atoms with Gasteiger partial charge in [-0.3, -0.25) is 0 Å². The molecule has 3 aromatic carbocycles. The minimum atomic E-state index is 0. The van der Waals surface area contributed by atoms with Crippen LogP contribution in [0.25, 0.3) is 16.8 Å². The second-order valence-electron chi connectivity index (χ2n) is 5.92. The number of rotatable bonds is 3. The third-order valence-electron chi connectivity index (χ3n) is 4.44. The zero-order valence-corrected chi connectivity index (χ0v) is 18.6. The molecule has 4 rings (SSSR count). The first-order valence-corrected chi connectivity index (χ1v) is 9.71. The van der Waals surface area contributed by atoms with E-state index in [0.29, 0.717) is 0 Å². The molecule has 134 valence electrons. The van der Waals surface area contributed by atoms with Crippen molar-refractivity contribution in [2.75, 3.05) is 6.61 Å². The fourth-order valence-corrected chi connectivity index (χ4v) is 3.53. The van der Waals surface area contributed by atoms with Gasteiger partial charge in [0, 0.05) is 6.61 Å². The number of aliphatic hydroxyl groups excluding tert-OH is 1. The van der Waals surface area contributed by atoms with Crippen LogP contribution in [-0.4, -0.2) is 15.4 Å². The number of aliphatic hydroxyl groups is 1. The fraction of sp³-hybridized carbons (Fsp3) is 0.182. The molecule has 1 atom stereocenters. The monoisotopic (exact) mass is 461 g/mol. The first-order valence-electron chi connectivity index (χ1n) is 8.29. The molecule has 1 aliphatic carbocycles. The molecule has 0 spiro atoms. The molecule has 26 heavy (non-hydrogen) atoms. The number of hydrogen-bond donors (Lipinski definition) is 1. The fourth-order valence-electron chi connectivity index (χ4n) is 3.53. The van der Waals surface area contributed by atoms with Crippen molar-refractivity contribution in [1.82, 2.24) is 0 Å². The van der Waals surface area contributed by atoms with E-state index in [2.05, 4.69) is 70.4 Å². The van der Waals surface area contributed by atoms with Gasteiger partial charge in [-0.25, -0.2) is 0 Å². The van der Waals surface area contributed by atoms with Crippen LogP contribution in [0.5, 0.6) is 0 Å². The third-order valence-corrected chi connectivity index (χ3v) is 4.44. The molecule has 1 aliphatic rings. The van der Waals surface area contributed by atoms with Crippen LogP contribution >= 0.6 is 0 Å². The maximum absolute atomic E-state index is 9.39. The van der Waals surface area contributed by atoms with Crippen LogP contribution in [-0.2, 0) is 24.2 Å². The molecule has 0 amide bonds. The van der Waals surface area contributed by atoms with E-state index >= 15 is 0 Å². The van der Waals surface area contributed by atoms with E-state index < -0.39 is 0 Å². The first-order chi connectivity index (χ1) is 11.8. The maximum Gasteiger partial charge on any atom is 0.0468 e. The van der Waals surface area contributed by atoms with E-state index in [0.717, 1.165) is 6.42 Å². The van der Waals surface area contributed by atoms with Crippen molar-refractivity contribution in [3.63, 3.8) is 0 Å². The second kappa shape index (κ2) is 11.0. The van der Waals surface area contributed by atoms with Gasteiger partial charge in [0.15, 0.2) is 0 Å². The molecule has 0 aliphatic heterocycles. The van der Waals surface area contributed by atoms with Gasteiger partial charge in [-0.2, -0.15) is 6.07 Å². The van der Waals surface area contributed by atoms with Gasteiger partial charge in [0.2, 0.25) is 0 Å². The molecule has 4 heteroatoms. The van der Waals surface area contributed by atoms with E-state index in [1.54, 1.807) is 0 Å². The van der Waals surface area contributed by atoms with E-state index in [9.17, 15) is 5.11 Å². The van der Waals surface area contributed by atoms with Gasteiger partial charge in [0.25, 0.3) is 0 Å². The van der Waals surface area contributed by atoms with Crippen LogP contribution in [0.4, 0.5) is 0 Å². The molecule has 1 nitrogen and oxygen atoms in total. The summed E-state index contributed by atoms with van der Waals surface area (Å²) < 4.78 is 2.09. The summed E-state index contributed by atoms with van der Waals surface area (Å²) in [7, 11) is 0. The molecular formula is C22H21Cl2OZr-. The van der Waals surface area contributed by atoms with E-state index in [4.69, 9.17) is 0 Å². The van der Waals surface area contributed by atoms with E-state index in [1.165, 1.54) is 57.3 Å². The quantitative estimate of drug-likeness (QED) is 0.486. The smallest absolute Gasteiger partial charge is 0.0468 e. The summed E-state index contributed by atoms with van der Waals surface area (Å²) in [5, 5.41) is 12.0. The van der Waals surface area contributed by atoms with Gasteiger partial charge in [-0.15, -0.1) is 40.6 Å². The average molecular weight is 464 g/mol. The summed E-state index contributed by atoms with van der Waals surface area (Å²) in [5.41, 5.74) is 5.32. The zero-order valence-electron chi connectivity index (χ0n) is 14.6. The first kappa shape index (κ1) is 23.1. The molecule has 1 unspecified atom stereocenters. The molecule has 0 aromatic heterocycles. The Kier molecular flexibility index (Phi) is 9.82. The Morgan fingerprint density at radius 2 is 1.69 bits per heavy atom. The number of benzene rings is 2. The predicted molar refractivity (Wildman–Crippen MR) is 99.2 cm³/mol.